The van der Waals surface area contributed by atoms with Crippen molar-refractivity contribution < 1.29 is 0 Å². The average Bonchev–Trinajstić information content (AvgIpc) is 3.62. The molecule has 0 aliphatic heterocycles. The fourth-order valence-corrected chi connectivity index (χ4v) is 6.46. The van der Waals surface area contributed by atoms with Crippen LogP contribution in [-0.2, 0) is 0 Å². The van der Waals surface area contributed by atoms with Crippen LogP contribution in [0.2, 0.25) is 0 Å². The van der Waals surface area contributed by atoms with Gasteiger partial charge in [0.15, 0.2) is 5.82 Å². The third-order valence-corrected chi connectivity index (χ3v) is 9.00. The first kappa shape index (κ1) is 28.5. The third-order valence-electron chi connectivity index (χ3n) is 9.00. The minimum atomic E-state index is 0.706. The van der Waals surface area contributed by atoms with Crippen LogP contribution in [0.15, 0.2) is 176 Å². The van der Waals surface area contributed by atoms with Crippen molar-refractivity contribution in [1.29, 1.82) is 0 Å². The number of hydrogen-bond acceptors (Lipinski definition) is 4. The van der Waals surface area contributed by atoms with Crippen LogP contribution >= 0.6 is 0 Å². The highest BCUT2D eigenvalue weighted by Gasteiger charge is 2.12. The largest absolute Gasteiger partial charge is 0.228 e. The molecule has 9 aromatic rings. The maximum absolute atomic E-state index is 5.00. The first-order valence-electron chi connectivity index (χ1n) is 16.3. The van der Waals surface area contributed by atoms with E-state index in [1.165, 1.54) is 21.9 Å². The van der Waals surface area contributed by atoms with Gasteiger partial charge in [-0.3, -0.25) is 0 Å². The molecule has 0 N–H and O–H groups in total. The number of fused-ring (bicyclic) bond motifs is 2. The molecule has 49 heavy (non-hydrogen) atoms. The highest BCUT2D eigenvalue weighted by molar-refractivity contribution is 5.99. The van der Waals surface area contributed by atoms with E-state index in [9.17, 15) is 0 Å². The van der Waals surface area contributed by atoms with Crippen molar-refractivity contribution >= 4 is 21.8 Å². The van der Waals surface area contributed by atoms with Gasteiger partial charge in [-0.1, -0.05) is 145 Å². The molecule has 0 bridgehead atoms. The third kappa shape index (κ3) is 5.43. The molecule has 0 radical (unpaired) electrons. The minimum Gasteiger partial charge on any atom is -0.228 e. The van der Waals surface area contributed by atoms with Gasteiger partial charge in [0.25, 0.3) is 0 Å². The quantitative estimate of drug-likeness (QED) is 0.184. The normalized spacial score (nSPS) is 11.3. The van der Waals surface area contributed by atoms with Gasteiger partial charge in [0, 0.05) is 16.7 Å². The topological polar surface area (TPSA) is 56.5 Å². The monoisotopic (exact) mass is 627 g/mol. The number of para-hydroxylation sites is 1. The summed E-state index contributed by atoms with van der Waals surface area (Å²) >= 11 is 0. The number of nitrogens with zero attached hydrogens (tertiary/aromatic N) is 5. The smallest absolute Gasteiger partial charge is 0.160 e. The summed E-state index contributed by atoms with van der Waals surface area (Å²) in [6.07, 6.45) is 0. The van der Waals surface area contributed by atoms with Crippen molar-refractivity contribution in [3.8, 4) is 61.8 Å². The zero-order valence-electron chi connectivity index (χ0n) is 26.5. The lowest BCUT2D eigenvalue weighted by Crippen LogP contribution is -1.96. The second-order valence-electron chi connectivity index (χ2n) is 12.0. The maximum Gasteiger partial charge on any atom is 0.160 e. The maximum atomic E-state index is 5.00. The van der Waals surface area contributed by atoms with E-state index in [1.54, 1.807) is 0 Å². The van der Waals surface area contributed by atoms with Gasteiger partial charge in [-0.05, 0) is 69.4 Å². The highest BCUT2D eigenvalue weighted by atomic mass is 15.4. The van der Waals surface area contributed by atoms with E-state index >= 15 is 0 Å². The molecule has 9 rings (SSSR count). The molecule has 5 heteroatoms. The summed E-state index contributed by atoms with van der Waals surface area (Å²) in [6.45, 7) is 0. The molecule has 2 aromatic heterocycles. The molecule has 0 amide bonds. The van der Waals surface area contributed by atoms with Gasteiger partial charge in [0.05, 0.1) is 22.6 Å². The van der Waals surface area contributed by atoms with Crippen LogP contribution in [0.3, 0.4) is 0 Å². The van der Waals surface area contributed by atoms with Crippen molar-refractivity contribution in [2.75, 3.05) is 0 Å². The number of hydrogen-bond donors (Lipinski definition) is 0. The Morgan fingerprint density at radius 3 is 1.73 bits per heavy atom. The summed E-state index contributed by atoms with van der Waals surface area (Å²) in [4.78, 5) is 10.0. The minimum absolute atomic E-state index is 0.706. The first-order valence-corrected chi connectivity index (χ1v) is 16.3. The van der Waals surface area contributed by atoms with E-state index in [0.29, 0.717) is 5.82 Å². The van der Waals surface area contributed by atoms with Gasteiger partial charge in [0.2, 0.25) is 0 Å². The molecule has 0 spiro atoms. The van der Waals surface area contributed by atoms with Gasteiger partial charge in [-0.25, -0.2) is 14.6 Å². The summed E-state index contributed by atoms with van der Waals surface area (Å²) in [5, 5.41) is 11.1. The zero-order chi connectivity index (χ0) is 32.6. The van der Waals surface area contributed by atoms with Gasteiger partial charge < -0.3 is 0 Å². The second kappa shape index (κ2) is 12.1. The summed E-state index contributed by atoms with van der Waals surface area (Å²) in [5.74, 6) is 0.706. The van der Waals surface area contributed by atoms with Crippen molar-refractivity contribution in [3.05, 3.63) is 176 Å². The van der Waals surface area contributed by atoms with Gasteiger partial charge in [0.1, 0.15) is 5.52 Å². The van der Waals surface area contributed by atoms with Crippen LogP contribution in [0.4, 0.5) is 0 Å². The number of rotatable bonds is 6. The Kier molecular flexibility index (Phi) is 7.06. The van der Waals surface area contributed by atoms with E-state index in [2.05, 4.69) is 126 Å². The molecule has 0 saturated carbocycles. The van der Waals surface area contributed by atoms with Crippen molar-refractivity contribution in [1.82, 2.24) is 25.0 Å². The standard InChI is InChI=1S/C44H29N5/c1-3-10-32(11-4-1)41-29-42(33-12-5-2-6-13-33)46-44(45-41)34-20-18-31(19-21-34)38-15-9-14-36-28-35(24-27-39(36)38)30-22-25-37(26-23-30)49-43-17-8-7-16-40(43)47-48-49/h1-29H. The van der Waals surface area contributed by atoms with E-state index < -0.39 is 0 Å². The van der Waals surface area contributed by atoms with E-state index in [4.69, 9.17) is 9.97 Å². The van der Waals surface area contributed by atoms with Gasteiger partial charge >= 0.3 is 0 Å². The Morgan fingerprint density at radius 2 is 1.02 bits per heavy atom. The molecule has 230 valence electrons. The zero-order valence-corrected chi connectivity index (χ0v) is 26.5. The lowest BCUT2D eigenvalue weighted by molar-refractivity contribution is 0.824. The summed E-state index contributed by atoms with van der Waals surface area (Å²) < 4.78 is 1.88. The van der Waals surface area contributed by atoms with Crippen LogP contribution in [0.25, 0.3) is 83.6 Å². The predicted molar refractivity (Wildman–Crippen MR) is 199 cm³/mol. The summed E-state index contributed by atoms with van der Waals surface area (Å²) in [5.41, 5.74) is 12.4. The Labute approximate surface area is 283 Å². The molecule has 2 heterocycles. The van der Waals surface area contributed by atoms with Gasteiger partial charge in [-0.15, -0.1) is 5.10 Å². The SMILES string of the molecule is c1ccc(-c2cc(-c3ccccc3)nc(-c3ccc(-c4cccc5cc(-c6ccc(-n7nnc8ccccc87)cc6)ccc45)cc3)n2)cc1. The van der Waals surface area contributed by atoms with Crippen molar-refractivity contribution in [2.45, 2.75) is 0 Å². The fourth-order valence-electron chi connectivity index (χ4n) is 6.46. The predicted octanol–water partition coefficient (Wildman–Crippen LogP) is 10.7. The number of benzene rings is 7. The van der Waals surface area contributed by atoms with Crippen molar-refractivity contribution in [2.24, 2.45) is 0 Å². The van der Waals surface area contributed by atoms with Gasteiger partial charge in [-0.2, -0.15) is 0 Å². The molecule has 0 unspecified atom stereocenters. The van der Waals surface area contributed by atoms with Crippen LogP contribution in [0.5, 0.6) is 0 Å². The Morgan fingerprint density at radius 1 is 0.408 bits per heavy atom. The van der Waals surface area contributed by atoms with E-state index in [1.807, 2.05) is 65.3 Å². The van der Waals surface area contributed by atoms with Crippen LogP contribution in [-0.4, -0.2) is 25.0 Å². The van der Waals surface area contributed by atoms with E-state index in [-0.39, 0.29) is 0 Å². The Hall–Kier alpha value is -6.72. The Bertz CT molecular complexity index is 2520. The molecular weight excluding hydrogens is 599 g/mol. The molecule has 5 nitrogen and oxygen atoms in total. The van der Waals surface area contributed by atoms with Crippen LogP contribution in [0.1, 0.15) is 0 Å². The Balaban J connectivity index is 1.03. The van der Waals surface area contributed by atoms with E-state index in [0.717, 1.165) is 55.9 Å². The first-order chi connectivity index (χ1) is 24.3. The molecule has 0 fully saturated rings. The molecule has 0 aliphatic rings. The lowest BCUT2D eigenvalue weighted by Gasteiger charge is -2.12. The molecule has 0 atom stereocenters. The summed E-state index contributed by atoms with van der Waals surface area (Å²) in [7, 11) is 0. The molecule has 0 aliphatic carbocycles. The fraction of sp³-hybridized carbons (Fsp3) is 0. The second-order valence-corrected chi connectivity index (χ2v) is 12.0. The lowest BCUT2D eigenvalue weighted by atomic mass is 9.94. The highest BCUT2D eigenvalue weighted by Crippen LogP contribution is 2.34. The molecule has 0 saturated heterocycles. The number of aromatic nitrogens is 5. The van der Waals surface area contributed by atoms with Crippen LogP contribution in [0, 0.1) is 0 Å². The van der Waals surface area contributed by atoms with Crippen molar-refractivity contribution in [3.63, 3.8) is 0 Å². The summed E-state index contributed by atoms with van der Waals surface area (Å²) in [6, 6.07) is 60.9. The molecular formula is C44H29N5. The average molecular weight is 628 g/mol. The molecule has 7 aromatic carbocycles. The van der Waals surface area contributed by atoms with Crippen LogP contribution < -0.4 is 0 Å².